The Labute approximate surface area is 114 Å². The van der Waals surface area contributed by atoms with Crippen LogP contribution < -0.4 is 5.32 Å². The predicted molar refractivity (Wildman–Crippen MR) is 80.2 cm³/mol. The molecule has 0 fully saturated rings. The highest BCUT2D eigenvalue weighted by molar-refractivity contribution is 4.60. The molecule has 0 heterocycles. The smallest absolute Gasteiger partial charge is 0.0589 e. The molecule has 0 aromatic heterocycles. The lowest BCUT2D eigenvalue weighted by atomic mass is 10.1. The first-order valence-corrected chi connectivity index (χ1v) is 7.62. The average Bonchev–Trinajstić information content (AvgIpc) is 2.34. The zero-order chi connectivity index (χ0) is 13.6. The van der Waals surface area contributed by atoms with Gasteiger partial charge in [0.15, 0.2) is 0 Å². The third-order valence-corrected chi connectivity index (χ3v) is 3.06. The van der Waals surface area contributed by atoms with E-state index in [0.717, 1.165) is 25.6 Å². The van der Waals surface area contributed by atoms with Gasteiger partial charge in [0.2, 0.25) is 0 Å². The summed E-state index contributed by atoms with van der Waals surface area (Å²) in [5.74, 6) is 0.746. The van der Waals surface area contributed by atoms with Gasteiger partial charge in [-0.25, -0.2) is 0 Å². The van der Waals surface area contributed by atoms with Crippen molar-refractivity contribution in [3.05, 3.63) is 0 Å². The molecule has 3 nitrogen and oxygen atoms in total. The van der Waals surface area contributed by atoms with Gasteiger partial charge in [-0.2, -0.15) is 0 Å². The molecule has 0 aromatic rings. The second kappa shape index (κ2) is 13.3. The second-order valence-corrected chi connectivity index (χ2v) is 5.46. The van der Waals surface area contributed by atoms with E-state index in [4.69, 9.17) is 4.74 Å². The minimum absolute atomic E-state index is 0.746. The van der Waals surface area contributed by atoms with Crippen LogP contribution in [-0.2, 0) is 4.74 Å². The summed E-state index contributed by atoms with van der Waals surface area (Å²) in [5.41, 5.74) is 0. The number of ether oxygens (including phenoxy) is 1. The van der Waals surface area contributed by atoms with Crippen molar-refractivity contribution in [3.8, 4) is 0 Å². The predicted octanol–water partition coefficient (Wildman–Crippen LogP) is 2.76. The highest BCUT2D eigenvalue weighted by atomic mass is 16.5. The number of hydrogen-bond acceptors (Lipinski definition) is 3. The van der Waals surface area contributed by atoms with Crippen molar-refractivity contribution in [1.82, 2.24) is 10.2 Å². The van der Waals surface area contributed by atoms with Crippen LogP contribution in [-0.4, -0.2) is 51.3 Å². The van der Waals surface area contributed by atoms with E-state index < -0.39 is 0 Å². The monoisotopic (exact) mass is 258 g/mol. The molecule has 0 saturated carbocycles. The summed E-state index contributed by atoms with van der Waals surface area (Å²) in [7, 11) is 1.79. The van der Waals surface area contributed by atoms with Gasteiger partial charge in [0, 0.05) is 20.2 Å². The van der Waals surface area contributed by atoms with Crippen molar-refractivity contribution in [1.29, 1.82) is 0 Å². The molecule has 18 heavy (non-hydrogen) atoms. The Morgan fingerprint density at radius 1 is 1.06 bits per heavy atom. The highest BCUT2D eigenvalue weighted by Gasteiger charge is 2.06. The molecule has 0 rings (SSSR count). The van der Waals surface area contributed by atoms with Crippen molar-refractivity contribution in [2.75, 3.05) is 46.4 Å². The lowest BCUT2D eigenvalue weighted by Crippen LogP contribution is -2.32. The minimum Gasteiger partial charge on any atom is -0.383 e. The van der Waals surface area contributed by atoms with E-state index in [2.05, 4.69) is 31.0 Å². The fourth-order valence-corrected chi connectivity index (χ4v) is 2.15. The van der Waals surface area contributed by atoms with Crippen LogP contribution in [0.3, 0.4) is 0 Å². The molecule has 3 heteroatoms. The molecule has 0 aromatic carbocycles. The number of hydrogen-bond donors (Lipinski definition) is 1. The fourth-order valence-electron chi connectivity index (χ4n) is 2.15. The molecule has 0 aliphatic rings. The van der Waals surface area contributed by atoms with E-state index >= 15 is 0 Å². The summed E-state index contributed by atoms with van der Waals surface area (Å²) >= 11 is 0. The summed E-state index contributed by atoms with van der Waals surface area (Å²) < 4.78 is 5.18. The Bertz CT molecular complexity index is 163. The first kappa shape index (κ1) is 17.9. The van der Waals surface area contributed by atoms with E-state index in [9.17, 15) is 0 Å². The first-order valence-electron chi connectivity index (χ1n) is 7.62. The molecule has 110 valence electrons. The van der Waals surface area contributed by atoms with Gasteiger partial charge in [0.25, 0.3) is 0 Å². The summed E-state index contributed by atoms with van der Waals surface area (Å²) in [6, 6.07) is 0. The lowest BCUT2D eigenvalue weighted by Gasteiger charge is -2.23. The lowest BCUT2D eigenvalue weighted by molar-refractivity contribution is 0.138. The zero-order valence-corrected chi connectivity index (χ0v) is 13.0. The van der Waals surface area contributed by atoms with Gasteiger partial charge in [0.05, 0.1) is 6.61 Å². The molecule has 0 aliphatic heterocycles. The van der Waals surface area contributed by atoms with Crippen molar-refractivity contribution in [2.45, 2.75) is 46.5 Å². The van der Waals surface area contributed by atoms with Crippen LogP contribution in [0.4, 0.5) is 0 Å². The Morgan fingerprint density at radius 3 is 2.39 bits per heavy atom. The molecular formula is C15H34N2O. The molecule has 0 aliphatic carbocycles. The van der Waals surface area contributed by atoms with Crippen LogP contribution in [0.15, 0.2) is 0 Å². The van der Waals surface area contributed by atoms with Crippen LogP contribution >= 0.6 is 0 Å². The summed E-state index contributed by atoms with van der Waals surface area (Å²) in [6.07, 6.45) is 5.35. The Balaban J connectivity index is 3.49. The summed E-state index contributed by atoms with van der Waals surface area (Å²) in [4.78, 5) is 2.54. The number of methoxy groups -OCH3 is 1. The van der Waals surface area contributed by atoms with Crippen molar-refractivity contribution in [2.24, 2.45) is 5.92 Å². The molecule has 0 saturated heterocycles. The molecule has 0 spiro atoms. The molecule has 0 radical (unpaired) electrons. The molecule has 0 atom stereocenters. The number of rotatable bonds is 13. The Kier molecular flexibility index (Phi) is 13.2. The largest absolute Gasteiger partial charge is 0.383 e. The van der Waals surface area contributed by atoms with Crippen LogP contribution in [0.25, 0.3) is 0 Å². The van der Waals surface area contributed by atoms with E-state index in [1.807, 2.05) is 0 Å². The SMILES string of the molecule is CCNCCCCCCN(CCOC)CC(C)C. The third kappa shape index (κ3) is 12.3. The first-order chi connectivity index (χ1) is 8.70. The van der Waals surface area contributed by atoms with Gasteiger partial charge < -0.3 is 15.0 Å². The van der Waals surface area contributed by atoms with E-state index in [0.29, 0.717) is 0 Å². The van der Waals surface area contributed by atoms with Crippen LogP contribution in [0, 0.1) is 5.92 Å². The molecule has 1 N–H and O–H groups in total. The van der Waals surface area contributed by atoms with E-state index in [1.165, 1.54) is 45.3 Å². The van der Waals surface area contributed by atoms with Gasteiger partial charge in [-0.3, -0.25) is 0 Å². The maximum absolute atomic E-state index is 5.18. The molecule has 0 amide bonds. The fraction of sp³-hybridized carbons (Fsp3) is 1.00. The van der Waals surface area contributed by atoms with Crippen molar-refractivity contribution in [3.63, 3.8) is 0 Å². The van der Waals surface area contributed by atoms with Crippen molar-refractivity contribution < 1.29 is 4.74 Å². The van der Waals surface area contributed by atoms with Gasteiger partial charge in [0.1, 0.15) is 0 Å². The highest BCUT2D eigenvalue weighted by Crippen LogP contribution is 2.04. The van der Waals surface area contributed by atoms with Gasteiger partial charge in [-0.15, -0.1) is 0 Å². The van der Waals surface area contributed by atoms with Gasteiger partial charge in [-0.1, -0.05) is 33.6 Å². The average molecular weight is 258 g/mol. The summed E-state index contributed by atoms with van der Waals surface area (Å²) in [5, 5.41) is 3.37. The standard InChI is InChI=1S/C15H34N2O/c1-5-16-10-8-6-7-9-11-17(12-13-18-4)14-15(2)3/h15-16H,5-14H2,1-4H3. The number of unbranched alkanes of at least 4 members (excludes halogenated alkanes) is 3. The minimum atomic E-state index is 0.746. The van der Waals surface area contributed by atoms with Gasteiger partial charge >= 0.3 is 0 Å². The topological polar surface area (TPSA) is 24.5 Å². The molecule has 0 unspecified atom stereocenters. The van der Waals surface area contributed by atoms with Crippen LogP contribution in [0.1, 0.15) is 46.5 Å². The van der Waals surface area contributed by atoms with Crippen molar-refractivity contribution >= 4 is 0 Å². The normalized spacial score (nSPS) is 11.7. The number of nitrogens with one attached hydrogen (secondary N) is 1. The quantitative estimate of drug-likeness (QED) is 0.514. The van der Waals surface area contributed by atoms with Crippen LogP contribution in [0.2, 0.25) is 0 Å². The maximum atomic E-state index is 5.18. The Hall–Kier alpha value is -0.120. The Morgan fingerprint density at radius 2 is 1.78 bits per heavy atom. The summed E-state index contributed by atoms with van der Waals surface area (Å²) in [6.45, 7) is 13.4. The van der Waals surface area contributed by atoms with E-state index in [-0.39, 0.29) is 0 Å². The zero-order valence-electron chi connectivity index (χ0n) is 13.0. The van der Waals surface area contributed by atoms with E-state index in [1.54, 1.807) is 7.11 Å². The maximum Gasteiger partial charge on any atom is 0.0589 e. The van der Waals surface area contributed by atoms with Crippen LogP contribution in [0.5, 0.6) is 0 Å². The third-order valence-electron chi connectivity index (χ3n) is 3.06. The molecular weight excluding hydrogens is 224 g/mol. The second-order valence-electron chi connectivity index (χ2n) is 5.46. The number of nitrogens with zero attached hydrogens (tertiary/aromatic N) is 1. The molecule has 0 bridgehead atoms. The van der Waals surface area contributed by atoms with Gasteiger partial charge in [-0.05, 0) is 38.4 Å².